The molecule has 1 aromatic rings. The standard InChI is InChI=1S/C11H16N4OS/c1-16-7-6-15(8-2-3-8)11-9(10(12)17)4-5-13-14-11/h4-5,8H,2-3,6-7H2,1H3,(H2,12,17). The summed E-state index contributed by atoms with van der Waals surface area (Å²) in [5, 5.41) is 8.09. The van der Waals surface area contributed by atoms with Gasteiger partial charge in [-0.2, -0.15) is 5.10 Å². The third-order valence-electron chi connectivity index (χ3n) is 2.76. The third-order valence-corrected chi connectivity index (χ3v) is 2.98. The molecule has 6 heteroatoms. The van der Waals surface area contributed by atoms with Crippen LogP contribution in [0.5, 0.6) is 0 Å². The summed E-state index contributed by atoms with van der Waals surface area (Å²) in [6, 6.07) is 2.34. The highest BCUT2D eigenvalue weighted by Gasteiger charge is 2.31. The summed E-state index contributed by atoms with van der Waals surface area (Å²) in [4.78, 5) is 2.54. The maximum absolute atomic E-state index is 5.71. The Labute approximate surface area is 106 Å². The minimum absolute atomic E-state index is 0.359. The molecule has 1 heterocycles. The van der Waals surface area contributed by atoms with Crippen LogP contribution in [-0.2, 0) is 4.74 Å². The number of nitrogens with zero attached hydrogens (tertiary/aromatic N) is 3. The van der Waals surface area contributed by atoms with E-state index in [0.717, 1.165) is 17.9 Å². The van der Waals surface area contributed by atoms with Gasteiger partial charge >= 0.3 is 0 Å². The van der Waals surface area contributed by atoms with Crippen molar-refractivity contribution in [3.05, 3.63) is 17.8 Å². The molecule has 0 spiro atoms. The van der Waals surface area contributed by atoms with Crippen LogP contribution in [0.25, 0.3) is 0 Å². The molecule has 1 aliphatic rings. The topological polar surface area (TPSA) is 64.3 Å². The van der Waals surface area contributed by atoms with Crippen LogP contribution in [0.1, 0.15) is 18.4 Å². The lowest BCUT2D eigenvalue weighted by Gasteiger charge is -2.24. The average Bonchev–Trinajstić information content (AvgIpc) is 3.14. The molecule has 0 aromatic carbocycles. The highest BCUT2D eigenvalue weighted by molar-refractivity contribution is 7.80. The van der Waals surface area contributed by atoms with E-state index < -0.39 is 0 Å². The number of hydrogen-bond donors (Lipinski definition) is 1. The van der Waals surface area contributed by atoms with Crippen molar-refractivity contribution < 1.29 is 4.74 Å². The van der Waals surface area contributed by atoms with E-state index >= 15 is 0 Å². The van der Waals surface area contributed by atoms with E-state index in [2.05, 4.69) is 15.1 Å². The van der Waals surface area contributed by atoms with Crippen LogP contribution in [-0.4, -0.2) is 41.5 Å². The molecule has 0 unspecified atom stereocenters. The predicted molar refractivity (Wildman–Crippen MR) is 70.2 cm³/mol. The number of nitrogens with two attached hydrogens (primary N) is 1. The van der Waals surface area contributed by atoms with Crippen LogP contribution in [0.15, 0.2) is 12.3 Å². The van der Waals surface area contributed by atoms with Crippen molar-refractivity contribution in [3.63, 3.8) is 0 Å². The van der Waals surface area contributed by atoms with Gasteiger partial charge in [0.2, 0.25) is 0 Å². The van der Waals surface area contributed by atoms with Crippen LogP contribution in [0.4, 0.5) is 5.82 Å². The Morgan fingerprint density at radius 2 is 2.41 bits per heavy atom. The quantitative estimate of drug-likeness (QED) is 0.753. The van der Waals surface area contributed by atoms with Crippen LogP contribution >= 0.6 is 12.2 Å². The molecule has 2 N–H and O–H groups in total. The Kier molecular flexibility index (Phi) is 3.86. The SMILES string of the molecule is COCCN(c1nnccc1C(N)=S)C1CC1. The molecule has 0 atom stereocenters. The van der Waals surface area contributed by atoms with Gasteiger partial charge in [-0.25, -0.2) is 0 Å². The molecule has 0 radical (unpaired) electrons. The molecule has 1 aliphatic carbocycles. The number of ether oxygens (including phenoxy) is 1. The maximum Gasteiger partial charge on any atom is 0.161 e. The Balaban J connectivity index is 2.25. The monoisotopic (exact) mass is 252 g/mol. The lowest BCUT2D eigenvalue weighted by Crippen LogP contribution is -2.32. The Morgan fingerprint density at radius 1 is 1.65 bits per heavy atom. The lowest BCUT2D eigenvalue weighted by molar-refractivity contribution is 0.204. The van der Waals surface area contributed by atoms with Crippen LogP contribution in [0.3, 0.4) is 0 Å². The summed E-state index contributed by atoms with van der Waals surface area (Å²) >= 11 is 5.04. The average molecular weight is 252 g/mol. The van der Waals surface area contributed by atoms with E-state index in [-0.39, 0.29) is 0 Å². The van der Waals surface area contributed by atoms with Gasteiger partial charge in [0.1, 0.15) is 4.99 Å². The van der Waals surface area contributed by atoms with Gasteiger partial charge in [0.05, 0.1) is 18.4 Å². The van der Waals surface area contributed by atoms with Crippen LogP contribution in [0.2, 0.25) is 0 Å². The number of methoxy groups -OCH3 is 1. The maximum atomic E-state index is 5.71. The highest BCUT2D eigenvalue weighted by atomic mass is 32.1. The Bertz CT molecular complexity index is 408. The second kappa shape index (κ2) is 5.37. The minimum Gasteiger partial charge on any atom is -0.389 e. The normalized spacial score (nSPS) is 14.6. The fourth-order valence-corrected chi connectivity index (χ4v) is 1.93. The summed E-state index contributed by atoms with van der Waals surface area (Å²) in [7, 11) is 1.69. The fourth-order valence-electron chi connectivity index (χ4n) is 1.77. The molecular weight excluding hydrogens is 236 g/mol. The molecule has 1 fully saturated rings. The zero-order valence-electron chi connectivity index (χ0n) is 9.80. The Morgan fingerprint density at radius 3 is 3.00 bits per heavy atom. The summed E-state index contributed by atoms with van der Waals surface area (Å²) < 4.78 is 5.12. The van der Waals surface area contributed by atoms with E-state index in [1.165, 1.54) is 12.8 Å². The molecule has 5 nitrogen and oxygen atoms in total. The third kappa shape index (κ3) is 2.89. The van der Waals surface area contributed by atoms with Gasteiger partial charge in [-0.3, -0.25) is 0 Å². The lowest BCUT2D eigenvalue weighted by atomic mass is 10.2. The molecule has 92 valence electrons. The van der Waals surface area contributed by atoms with Crippen LogP contribution in [0, 0.1) is 0 Å². The number of thiocarbonyl (C=S) groups is 1. The van der Waals surface area contributed by atoms with Crippen molar-refractivity contribution in [1.29, 1.82) is 0 Å². The number of aromatic nitrogens is 2. The van der Waals surface area contributed by atoms with Crippen molar-refractivity contribution in [2.75, 3.05) is 25.2 Å². The van der Waals surface area contributed by atoms with E-state index in [1.807, 2.05) is 6.07 Å². The zero-order chi connectivity index (χ0) is 12.3. The van der Waals surface area contributed by atoms with Gasteiger partial charge in [0.15, 0.2) is 5.82 Å². The largest absolute Gasteiger partial charge is 0.389 e. The van der Waals surface area contributed by atoms with E-state index in [9.17, 15) is 0 Å². The summed E-state index contributed by atoms with van der Waals surface area (Å²) in [5.74, 6) is 0.777. The smallest absolute Gasteiger partial charge is 0.161 e. The summed E-state index contributed by atoms with van der Waals surface area (Å²) in [5.41, 5.74) is 6.50. The second-order valence-corrected chi connectivity index (χ2v) is 4.49. The fraction of sp³-hybridized carbons (Fsp3) is 0.545. The molecule has 0 aliphatic heterocycles. The van der Waals surface area contributed by atoms with Crippen molar-refractivity contribution in [2.45, 2.75) is 18.9 Å². The van der Waals surface area contributed by atoms with Crippen molar-refractivity contribution in [3.8, 4) is 0 Å². The first-order chi connectivity index (χ1) is 8.24. The molecule has 1 aromatic heterocycles. The molecule has 0 amide bonds. The van der Waals surface area contributed by atoms with Gasteiger partial charge in [0.25, 0.3) is 0 Å². The van der Waals surface area contributed by atoms with Crippen molar-refractivity contribution in [1.82, 2.24) is 10.2 Å². The molecular formula is C11H16N4OS. The molecule has 0 saturated heterocycles. The van der Waals surface area contributed by atoms with E-state index in [0.29, 0.717) is 17.6 Å². The Hall–Kier alpha value is -1.27. The van der Waals surface area contributed by atoms with Crippen molar-refractivity contribution in [2.24, 2.45) is 5.73 Å². The van der Waals surface area contributed by atoms with E-state index in [4.69, 9.17) is 22.7 Å². The van der Waals surface area contributed by atoms with Crippen molar-refractivity contribution >= 4 is 23.0 Å². The number of anilines is 1. The zero-order valence-corrected chi connectivity index (χ0v) is 10.6. The van der Waals surface area contributed by atoms with E-state index in [1.54, 1.807) is 13.3 Å². The van der Waals surface area contributed by atoms with Gasteiger partial charge in [-0.15, -0.1) is 5.10 Å². The summed E-state index contributed by atoms with van der Waals surface area (Å²) in [6.45, 7) is 1.44. The highest BCUT2D eigenvalue weighted by Crippen LogP contribution is 2.31. The first kappa shape index (κ1) is 12.2. The molecule has 1 saturated carbocycles. The number of hydrogen-bond acceptors (Lipinski definition) is 5. The second-order valence-electron chi connectivity index (χ2n) is 4.05. The number of rotatable bonds is 6. The van der Waals surface area contributed by atoms with Gasteiger partial charge in [-0.1, -0.05) is 12.2 Å². The van der Waals surface area contributed by atoms with Crippen LogP contribution < -0.4 is 10.6 Å². The summed E-state index contributed by atoms with van der Waals surface area (Å²) in [6.07, 6.45) is 3.97. The first-order valence-corrected chi connectivity index (χ1v) is 6.02. The molecule has 2 rings (SSSR count). The first-order valence-electron chi connectivity index (χ1n) is 5.61. The predicted octanol–water partition coefficient (Wildman–Crippen LogP) is 0.726. The van der Waals surface area contributed by atoms with Gasteiger partial charge < -0.3 is 15.4 Å². The van der Waals surface area contributed by atoms with Gasteiger partial charge in [0, 0.05) is 19.7 Å². The molecule has 17 heavy (non-hydrogen) atoms. The minimum atomic E-state index is 0.359. The van der Waals surface area contributed by atoms with Gasteiger partial charge in [-0.05, 0) is 18.9 Å². The molecule has 0 bridgehead atoms.